The molecule has 0 fully saturated rings. The SMILES string of the molecule is Cc1cc(C(=O)NCC(N)=O)c2ccccc2n1. The Kier molecular flexibility index (Phi) is 3.23. The minimum atomic E-state index is -0.571. The highest BCUT2D eigenvalue weighted by molar-refractivity contribution is 6.06. The second-order valence-corrected chi connectivity index (χ2v) is 3.98. The molecule has 5 heteroatoms. The molecule has 0 unspecified atom stereocenters. The first-order chi connectivity index (χ1) is 8.58. The van der Waals surface area contributed by atoms with Crippen LogP contribution in [0.25, 0.3) is 10.9 Å². The second-order valence-electron chi connectivity index (χ2n) is 3.98. The molecule has 2 aromatic rings. The van der Waals surface area contributed by atoms with Crippen molar-refractivity contribution in [3.63, 3.8) is 0 Å². The number of carbonyl (C=O) groups excluding carboxylic acids is 2. The monoisotopic (exact) mass is 243 g/mol. The molecule has 1 heterocycles. The van der Waals surface area contributed by atoms with E-state index in [-0.39, 0.29) is 12.5 Å². The van der Waals surface area contributed by atoms with Crippen LogP contribution in [-0.2, 0) is 4.79 Å². The first-order valence-corrected chi connectivity index (χ1v) is 5.51. The Labute approximate surface area is 104 Å². The van der Waals surface area contributed by atoms with Crippen molar-refractivity contribution >= 4 is 22.7 Å². The molecule has 2 amide bonds. The molecule has 0 aliphatic carbocycles. The zero-order valence-electron chi connectivity index (χ0n) is 9.93. The predicted molar refractivity (Wildman–Crippen MR) is 68.0 cm³/mol. The summed E-state index contributed by atoms with van der Waals surface area (Å²) in [6.45, 7) is 1.64. The number of primary amides is 1. The summed E-state index contributed by atoms with van der Waals surface area (Å²) in [6.07, 6.45) is 0. The Hall–Kier alpha value is -2.43. The van der Waals surface area contributed by atoms with Crippen LogP contribution in [0.1, 0.15) is 16.1 Å². The van der Waals surface area contributed by atoms with Gasteiger partial charge < -0.3 is 11.1 Å². The van der Waals surface area contributed by atoms with Crippen molar-refractivity contribution in [3.05, 3.63) is 41.6 Å². The molecule has 1 aromatic carbocycles. The second kappa shape index (κ2) is 4.83. The highest BCUT2D eigenvalue weighted by Crippen LogP contribution is 2.17. The third-order valence-electron chi connectivity index (χ3n) is 2.51. The molecule has 0 aliphatic rings. The number of fused-ring (bicyclic) bond motifs is 1. The third kappa shape index (κ3) is 2.45. The Morgan fingerprint density at radius 2 is 2.06 bits per heavy atom. The minimum Gasteiger partial charge on any atom is -0.368 e. The molecule has 0 radical (unpaired) electrons. The Morgan fingerprint density at radius 3 is 2.78 bits per heavy atom. The van der Waals surface area contributed by atoms with Gasteiger partial charge in [-0.3, -0.25) is 14.6 Å². The maximum absolute atomic E-state index is 12.0. The number of pyridine rings is 1. The fourth-order valence-corrected chi connectivity index (χ4v) is 1.76. The zero-order chi connectivity index (χ0) is 13.1. The van der Waals surface area contributed by atoms with Gasteiger partial charge in [-0.2, -0.15) is 0 Å². The number of para-hydroxylation sites is 1. The number of aromatic nitrogens is 1. The molecule has 0 spiro atoms. The topological polar surface area (TPSA) is 85.1 Å². The van der Waals surface area contributed by atoms with Crippen molar-refractivity contribution in [1.82, 2.24) is 10.3 Å². The Morgan fingerprint density at radius 1 is 1.33 bits per heavy atom. The van der Waals surface area contributed by atoms with Crippen molar-refractivity contribution in [2.45, 2.75) is 6.92 Å². The van der Waals surface area contributed by atoms with E-state index in [2.05, 4.69) is 10.3 Å². The van der Waals surface area contributed by atoms with Gasteiger partial charge in [0.05, 0.1) is 17.6 Å². The molecule has 3 N–H and O–H groups in total. The Bertz CT molecular complexity index is 623. The van der Waals surface area contributed by atoms with Crippen LogP contribution in [0, 0.1) is 6.92 Å². The average molecular weight is 243 g/mol. The van der Waals surface area contributed by atoms with Crippen molar-refractivity contribution in [2.75, 3.05) is 6.54 Å². The first kappa shape index (κ1) is 12.0. The van der Waals surface area contributed by atoms with E-state index in [9.17, 15) is 9.59 Å². The summed E-state index contributed by atoms with van der Waals surface area (Å²) >= 11 is 0. The van der Waals surface area contributed by atoms with Crippen LogP contribution in [-0.4, -0.2) is 23.3 Å². The van der Waals surface area contributed by atoms with E-state index < -0.39 is 5.91 Å². The van der Waals surface area contributed by atoms with Crippen LogP contribution in [0.15, 0.2) is 30.3 Å². The number of hydrogen-bond donors (Lipinski definition) is 2. The van der Waals surface area contributed by atoms with Gasteiger partial charge in [-0.15, -0.1) is 0 Å². The molecule has 1 aromatic heterocycles. The van der Waals surface area contributed by atoms with E-state index in [4.69, 9.17) is 5.73 Å². The summed E-state index contributed by atoms with van der Waals surface area (Å²) in [4.78, 5) is 27.0. The van der Waals surface area contributed by atoms with Gasteiger partial charge in [-0.05, 0) is 19.1 Å². The maximum atomic E-state index is 12.0. The van der Waals surface area contributed by atoms with Gasteiger partial charge in [0.1, 0.15) is 0 Å². The number of nitrogens with one attached hydrogen (secondary N) is 1. The highest BCUT2D eigenvalue weighted by atomic mass is 16.2. The number of nitrogens with zero attached hydrogens (tertiary/aromatic N) is 1. The summed E-state index contributed by atoms with van der Waals surface area (Å²) in [5.41, 5.74) is 6.99. The van der Waals surface area contributed by atoms with Crippen molar-refractivity contribution < 1.29 is 9.59 Å². The highest BCUT2D eigenvalue weighted by Gasteiger charge is 2.11. The molecule has 0 atom stereocenters. The lowest BCUT2D eigenvalue weighted by atomic mass is 10.1. The van der Waals surface area contributed by atoms with E-state index in [1.165, 1.54) is 0 Å². The summed E-state index contributed by atoms with van der Waals surface area (Å²) in [5.74, 6) is -0.895. The number of amides is 2. The molecule has 0 bridgehead atoms. The number of carbonyl (C=O) groups is 2. The van der Waals surface area contributed by atoms with Crippen molar-refractivity contribution in [3.8, 4) is 0 Å². The molecule has 0 saturated carbocycles. The van der Waals surface area contributed by atoms with Crippen LogP contribution in [0.4, 0.5) is 0 Å². The van der Waals surface area contributed by atoms with Gasteiger partial charge in [0.2, 0.25) is 5.91 Å². The van der Waals surface area contributed by atoms with Crippen LogP contribution >= 0.6 is 0 Å². The van der Waals surface area contributed by atoms with Crippen LogP contribution in [0.3, 0.4) is 0 Å². The van der Waals surface area contributed by atoms with Gasteiger partial charge >= 0.3 is 0 Å². The third-order valence-corrected chi connectivity index (χ3v) is 2.51. The number of nitrogens with two attached hydrogens (primary N) is 1. The molecular weight excluding hydrogens is 230 g/mol. The molecule has 92 valence electrons. The quantitative estimate of drug-likeness (QED) is 0.834. The molecular formula is C13H13N3O2. The van der Waals surface area contributed by atoms with Gasteiger partial charge in [-0.1, -0.05) is 18.2 Å². The number of benzene rings is 1. The van der Waals surface area contributed by atoms with Gasteiger partial charge in [-0.25, -0.2) is 0 Å². The first-order valence-electron chi connectivity index (χ1n) is 5.51. The molecule has 2 rings (SSSR count). The standard InChI is InChI=1S/C13H13N3O2/c1-8-6-10(13(18)15-7-12(14)17)9-4-2-3-5-11(9)16-8/h2-6H,7H2,1H3,(H2,14,17)(H,15,18). The molecule has 5 nitrogen and oxygen atoms in total. The molecule has 18 heavy (non-hydrogen) atoms. The van der Waals surface area contributed by atoms with Gasteiger partial charge in [0.15, 0.2) is 0 Å². The van der Waals surface area contributed by atoms with Crippen LogP contribution < -0.4 is 11.1 Å². The smallest absolute Gasteiger partial charge is 0.252 e. The van der Waals surface area contributed by atoms with Gasteiger partial charge in [0, 0.05) is 11.1 Å². The predicted octanol–water partition coefficient (Wildman–Crippen LogP) is 0.758. The van der Waals surface area contributed by atoms with E-state index in [0.717, 1.165) is 16.6 Å². The normalized spacial score (nSPS) is 10.3. The van der Waals surface area contributed by atoms with Crippen LogP contribution in [0.5, 0.6) is 0 Å². The number of hydrogen-bond acceptors (Lipinski definition) is 3. The van der Waals surface area contributed by atoms with Gasteiger partial charge in [0.25, 0.3) is 5.91 Å². The fraction of sp³-hybridized carbons (Fsp3) is 0.154. The summed E-state index contributed by atoms with van der Waals surface area (Å²) in [5, 5.41) is 3.23. The van der Waals surface area contributed by atoms with E-state index in [1.54, 1.807) is 6.07 Å². The molecule has 0 aliphatic heterocycles. The zero-order valence-corrected chi connectivity index (χ0v) is 9.93. The molecule has 0 saturated heterocycles. The Balaban J connectivity index is 2.43. The minimum absolute atomic E-state index is 0.172. The lowest BCUT2D eigenvalue weighted by molar-refractivity contribution is -0.117. The van der Waals surface area contributed by atoms with Crippen molar-refractivity contribution in [1.29, 1.82) is 0 Å². The largest absolute Gasteiger partial charge is 0.368 e. The van der Waals surface area contributed by atoms with Crippen molar-refractivity contribution in [2.24, 2.45) is 5.73 Å². The van der Waals surface area contributed by atoms with Crippen LogP contribution in [0.2, 0.25) is 0 Å². The average Bonchev–Trinajstić information content (AvgIpc) is 2.34. The number of rotatable bonds is 3. The van der Waals surface area contributed by atoms with E-state index >= 15 is 0 Å². The fourth-order valence-electron chi connectivity index (χ4n) is 1.76. The lowest BCUT2D eigenvalue weighted by Crippen LogP contribution is -2.33. The van der Waals surface area contributed by atoms with E-state index in [0.29, 0.717) is 5.56 Å². The number of aryl methyl sites for hydroxylation is 1. The lowest BCUT2D eigenvalue weighted by Gasteiger charge is -2.07. The van der Waals surface area contributed by atoms with E-state index in [1.807, 2.05) is 31.2 Å². The summed E-state index contributed by atoms with van der Waals surface area (Å²) < 4.78 is 0. The summed E-state index contributed by atoms with van der Waals surface area (Å²) in [6, 6.07) is 9.05. The maximum Gasteiger partial charge on any atom is 0.252 e. The summed E-state index contributed by atoms with van der Waals surface area (Å²) in [7, 11) is 0.